The van der Waals surface area contributed by atoms with E-state index in [-0.39, 0.29) is 10.6 Å². The Labute approximate surface area is 140 Å². The van der Waals surface area contributed by atoms with Gasteiger partial charge in [-0.15, -0.1) is 0 Å². The number of anilines is 1. The second kappa shape index (κ2) is 6.32. The molecule has 3 aromatic rings. The molecule has 24 heavy (non-hydrogen) atoms. The molecule has 0 aliphatic rings. The molecule has 8 heteroatoms. The van der Waals surface area contributed by atoms with Gasteiger partial charge in [0.15, 0.2) is 0 Å². The predicted octanol–water partition coefficient (Wildman–Crippen LogP) is 2.29. The number of methoxy groups -OCH3 is 1. The maximum Gasteiger partial charge on any atom is 0.266 e. The van der Waals surface area contributed by atoms with Crippen molar-refractivity contribution in [3.8, 4) is 17.0 Å². The number of ether oxygens (including phenoxy) is 1. The van der Waals surface area contributed by atoms with E-state index in [2.05, 4.69) is 14.8 Å². The third-order valence-corrected chi connectivity index (χ3v) is 4.85. The SMILES string of the molecule is COc1ccccc1S(=O)(=O)Nc1cc(-c2ccncc2)nn1C. The van der Waals surface area contributed by atoms with Crippen molar-refractivity contribution in [2.75, 3.05) is 11.8 Å². The predicted molar refractivity (Wildman–Crippen MR) is 90.2 cm³/mol. The molecule has 0 fully saturated rings. The van der Waals surface area contributed by atoms with Gasteiger partial charge in [0.1, 0.15) is 16.5 Å². The number of benzene rings is 1. The van der Waals surface area contributed by atoms with Crippen LogP contribution in [0.25, 0.3) is 11.3 Å². The van der Waals surface area contributed by atoms with Crippen LogP contribution < -0.4 is 9.46 Å². The molecule has 1 N–H and O–H groups in total. The van der Waals surface area contributed by atoms with Gasteiger partial charge in [0.2, 0.25) is 0 Å². The highest BCUT2D eigenvalue weighted by Crippen LogP contribution is 2.27. The van der Waals surface area contributed by atoms with Gasteiger partial charge < -0.3 is 4.74 Å². The van der Waals surface area contributed by atoms with Crippen LogP contribution >= 0.6 is 0 Å². The molecule has 0 saturated heterocycles. The molecule has 0 atom stereocenters. The summed E-state index contributed by atoms with van der Waals surface area (Å²) in [6.45, 7) is 0. The van der Waals surface area contributed by atoms with Crippen LogP contribution in [-0.4, -0.2) is 30.3 Å². The molecular formula is C16H16N4O3S. The average Bonchev–Trinajstić information content (AvgIpc) is 2.96. The Balaban J connectivity index is 1.95. The number of aromatic nitrogens is 3. The summed E-state index contributed by atoms with van der Waals surface area (Å²) in [5.74, 6) is 0.634. The van der Waals surface area contributed by atoms with Crippen molar-refractivity contribution in [2.45, 2.75) is 4.90 Å². The number of rotatable bonds is 5. The molecule has 0 aliphatic heterocycles. The van der Waals surface area contributed by atoms with Crippen LogP contribution in [-0.2, 0) is 17.1 Å². The first-order valence-electron chi connectivity index (χ1n) is 7.11. The molecule has 0 unspecified atom stereocenters. The number of aryl methyl sites for hydroxylation is 1. The Hall–Kier alpha value is -2.87. The highest BCUT2D eigenvalue weighted by atomic mass is 32.2. The molecule has 0 radical (unpaired) electrons. The minimum atomic E-state index is -3.80. The van der Waals surface area contributed by atoms with E-state index in [0.717, 1.165) is 5.56 Å². The molecule has 3 rings (SSSR count). The van der Waals surface area contributed by atoms with E-state index in [1.165, 1.54) is 17.9 Å². The van der Waals surface area contributed by atoms with Crippen LogP contribution in [0.1, 0.15) is 0 Å². The fraction of sp³-hybridized carbons (Fsp3) is 0.125. The lowest BCUT2D eigenvalue weighted by atomic mass is 10.2. The van der Waals surface area contributed by atoms with Gasteiger partial charge >= 0.3 is 0 Å². The van der Waals surface area contributed by atoms with Gasteiger partial charge in [-0.1, -0.05) is 12.1 Å². The van der Waals surface area contributed by atoms with Crippen LogP contribution in [0.4, 0.5) is 5.82 Å². The number of nitrogens with zero attached hydrogens (tertiary/aromatic N) is 3. The molecule has 0 aliphatic carbocycles. The average molecular weight is 344 g/mol. The largest absolute Gasteiger partial charge is 0.495 e. The molecule has 0 bridgehead atoms. The maximum atomic E-state index is 12.6. The Morgan fingerprint density at radius 1 is 1.12 bits per heavy atom. The van der Waals surface area contributed by atoms with Crippen molar-refractivity contribution in [1.82, 2.24) is 14.8 Å². The third kappa shape index (κ3) is 3.09. The second-order valence-corrected chi connectivity index (χ2v) is 6.68. The molecule has 1 aromatic carbocycles. The van der Waals surface area contributed by atoms with E-state index in [1.54, 1.807) is 55.8 Å². The summed E-state index contributed by atoms with van der Waals surface area (Å²) in [5.41, 5.74) is 1.50. The third-order valence-electron chi connectivity index (χ3n) is 3.45. The van der Waals surface area contributed by atoms with Crippen LogP contribution in [0.15, 0.2) is 59.8 Å². The summed E-state index contributed by atoms with van der Waals surface area (Å²) in [4.78, 5) is 4.03. The van der Waals surface area contributed by atoms with E-state index in [0.29, 0.717) is 11.5 Å². The number of para-hydroxylation sites is 1. The highest BCUT2D eigenvalue weighted by molar-refractivity contribution is 7.92. The molecule has 124 valence electrons. The monoisotopic (exact) mass is 344 g/mol. The van der Waals surface area contributed by atoms with E-state index in [1.807, 2.05) is 0 Å². The van der Waals surface area contributed by atoms with Gasteiger partial charge in [0.05, 0.1) is 12.8 Å². The minimum Gasteiger partial charge on any atom is -0.495 e. The Morgan fingerprint density at radius 3 is 2.54 bits per heavy atom. The lowest BCUT2D eigenvalue weighted by molar-refractivity contribution is 0.403. The van der Waals surface area contributed by atoms with Crippen molar-refractivity contribution in [3.63, 3.8) is 0 Å². The molecule has 2 heterocycles. The summed E-state index contributed by atoms with van der Waals surface area (Å²) in [6.07, 6.45) is 3.31. The van der Waals surface area contributed by atoms with Crippen LogP contribution in [0.2, 0.25) is 0 Å². The number of hydrogen-bond acceptors (Lipinski definition) is 5. The second-order valence-electron chi connectivity index (χ2n) is 5.03. The van der Waals surface area contributed by atoms with Gasteiger partial charge in [0, 0.05) is 31.1 Å². The van der Waals surface area contributed by atoms with E-state index in [9.17, 15) is 8.42 Å². The van der Waals surface area contributed by atoms with Crippen molar-refractivity contribution in [1.29, 1.82) is 0 Å². The summed E-state index contributed by atoms with van der Waals surface area (Å²) in [7, 11) is -0.694. The van der Waals surface area contributed by atoms with E-state index < -0.39 is 10.0 Å². The zero-order valence-electron chi connectivity index (χ0n) is 13.2. The van der Waals surface area contributed by atoms with Crippen LogP contribution in [0.5, 0.6) is 5.75 Å². The van der Waals surface area contributed by atoms with E-state index in [4.69, 9.17) is 4.74 Å². The van der Waals surface area contributed by atoms with Crippen molar-refractivity contribution in [2.24, 2.45) is 7.05 Å². The molecule has 0 saturated carbocycles. The lowest BCUT2D eigenvalue weighted by Gasteiger charge is -2.11. The smallest absolute Gasteiger partial charge is 0.266 e. The topological polar surface area (TPSA) is 86.1 Å². The molecule has 0 spiro atoms. The molecule has 2 aromatic heterocycles. The minimum absolute atomic E-state index is 0.0687. The quantitative estimate of drug-likeness (QED) is 0.767. The normalized spacial score (nSPS) is 11.2. The van der Waals surface area contributed by atoms with Crippen LogP contribution in [0.3, 0.4) is 0 Å². The lowest BCUT2D eigenvalue weighted by Crippen LogP contribution is -2.16. The van der Waals surface area contributed by atoms with Gasteiger partial charge in [-0.05, 0) is 24.3 Å². The Bertz CT molecular complexity index is 952. The Kier molecular flexibility index (Phi) is 4.22. The van der Waals surface area contributed by atoms with Crippen LogP contribution in [0, 0.1) is 0 Å². The zero-order chi connectivity index (χ0) is 17.2. The molecule has 0 amide bonds. The van der Waals surface area contributed by atoms with Gasteiger partial charge in [-0.2, -0.15) is 5.10 Å². The van der Waals surface area contributed by atoms with Crippen molar-refractivity contribution < 1.29 is 13.2 Å². The number of hydrogen-bond donors (Lipinski definition) is 1. The van der Waals surface area contributed by atoms with Gasteiger partial charge in [-0.3, -0.25) is 14.4 Å². The van der Waals surface area contributed by atoms with Gasteiger partial charge in [0.25, 0.3) is 10.0 Å². The van der Waals surface area contributed by atoms with Crippen molar-refractivity contribution >= 4 is 15.8 Å². The standard InChI is InChI=1S/C16H16N4O3S/c1-20-16(11-13(18-20)12-7-9-17-10-8-12)19-24(21,22)15-6-4-3-5-14(15)23-2/h3-11,19H,1-2H3. The fourth-order valence-electron chi connectivity index (χ4n) is 2.26. The Morgan fingerprint density at radius 2 is 1.83 bits per heavy atom. The first-order chi connectivity index (χ1) is 11.5. The summed E-state index contributed by atoms with van der Waals surface area (Å²) in [6, 6.07) is 11.7. The number of pyridine rings is 1. The van der Waals surface area contributed by atoms with E-state index >= 15 is 0 Å². The summed E-state index contributed by atoms with van der Waals surface area (Å²) in [5, 5.41) is 4.33. The van der Waals surface area contributed by atoms with Crippen molar-refractivity contribution in [3.05, 3.63) is 54.9 Å². The first-order valence-corrected chi connectivity index (χ1v) is 8.60. The molecule has 7 nitrogen and oxygen atoms in total. The molecular weight excluding hydrogens is 328 g/mol. The zero-order valence-corrected chi connectivity index (χ0v) is 14.0. The fourth-order valence-corrected chi connectivity index (χ4v) is 3.51. The summed E-state index contributed by atoms with van der Waals surface area (Å²) < 4.78 is 34.4. The highest BCUT2D eigenvalue weighted by Gasteiger charge is 2.21. The van der Waals surface area contributed by atoms with Gasteiger partial charge in [-0.25, -0.2) is 8.42 Å². The summed E-state index contributed by atoms with van der Waals surface area (Å²) >= 11 is 0. The number of nitrogens with one attached hydrogen (secondary N) is 1. The maximum absolute atomic E-state index is 12.6. The number of sulfonamides is 1. The first kappa shape index (κ1) is 16.0.